The van der Waals surface area contributed by atoms with Gasteiger partial charge in [-0.3, -0.25) is 4.79 Å². The van der Waals surface area contributed by atoms with Crippen LogP contribution in [-0.4, -0.2) is 17.6 Å². The number of amides is 1. The van der Waals surface area contributed by atoms with Gasteiger partial charge in [0.25, 0.3) is 0 Å². The normalized spacial score (nSPS) is 17.0. The smallest absolute Gasteiger partial charge is 0.368 e. The molecule has 1 amide bonds. The minimum absolute atomic E-state index is 0.312. The van der Waals surface area contributed by atoms with Crippen molar-refractivity contribution in [2.24, 2.45) is 11.5 Å². The summed E-state index contributed by atoms with van der Waals surface area (Å²) in [6.07, 6.45) is -4.77. The summed E-state index contributed by atoms with van der Waals surface area (Å²) < 4.78 is 51.6. The van der Waals surface area contributed by atoms with Crippen LogP contribution in [0.5, 0.6) is 0 Å². The maximum atomic E-state index is 13.0. The van der Waals surface area contributed by atoms with E-state index in [9.17, 15) is 22.4 Å². The standard InChI is InChI=1S/C11H12F4N2O/c1-10(17,9(16)18)8(11(13,14)15)6-2-4-7(12)5-3-6/h2-5,8H,17H2,1H3,(H2,16,18). The van der Waals surface area contributed by atoms with E-state index in [1.807, 2.05) is 0 Å². The third-order valence-electron chi connectivity index (χ3n) is 2.66. The first-order chi connectivity index (χ1) is 8.06. The Hall–Kier alpha value is -1.63. The molecule has 0 bridgehead atoms. The summed E-state index contributed by atoms with van der Waals surface area (Å²) in [4.78, 5) is 11.1. The second-order valence-corrected chi connectivity index (χ2v) is 4.17. The van der Waals surface area contributed by atoms with Crippen LogP contribution >= 0.6 is 0 Å². The van der Waals surface area contributed by atoms with Crippen LogP contribution in [0.2, 0.25) is 0 Å². The minimum Gasteiger partial charge on any atom is -0.368 e. The van der Waals surface area contributed by atoms with Crippen molar-refractivity contribution in [2.75, 3.05) is 0 Å². The Morgan fingerprint density at radius 1 is 1.22 bits per heavy atom. The monoisotopic (exact) mass is 264 g/mol. The number of benzene rings is 1. The average Bonchev–Trinajstić information content (AvgIpc) is 2.18. The Morgan fingerprint density at radius 2 is 1.67 bits per heavy atom. The number of rotatable bonds is 3. The van der Waals surface area contributed by atoms with Gasteiger partial charge < -0.3 is 11.5 Å². The molecule has 2 atom stereocenters. The Morgan fingerprint density at radius 3 is 2.00 bits per heavy atom. The maximum Gasteiger partial charge on any atom is 0.398 e. The molecule has 1 rings (SSSR count). The van der Waals surface area contributed by atoms with Crippen LogP contribution in [0.25, 0.3) is 0 Å². The highest BCUT2D eigenvalue weighted by atomic mass is 19.4. The zero-order chi connectivity index (χ0) is 14.1. The van der Waals surface area contributed by atoms with Gasteiger partial charge in [0.05, 0.1) is 0 Å². The molecule has 1 aromatic carbocycles. The van der Waals surface area contributed by atoms with E-state index >= 15 is 0 Å². The fourth-order valence-corrected chi connectivity index (χ4v) is 1.67. The van der Waals surface area contributed by atoms with Gasteiger partial charge in [0, 0.05) is 0 Å². The lowest BCUT2D eigenvalue weighted by atomic mass is 9.80. The van der Waals surface area contributed by atoms with Crippen molar-refractivity contribution in [1.82, 2.24) is 0 Å². The number of hydrogen-bond acceptors (Lipinski definition) is 2. The molecule has 18 heavy (non-hydrogen) atoms. The Labute approximate surface area is 101 Å². The molecule has 0 radical (unpaired) electrons. The van der Waals surface area contributed by atoms with Gasteiger partial charge in [-0.1, -0.05) is 12.1 Å². The van der Waals surface area contributed by atoms with Crippen LogP contribution in [0, 0.1) is 5.82 Å². The minimum atomic E-state index is -4.77. The number of carbonyl (C=O) groups excluding carboxylic acids is 1. The third kappa shape index (κ3) is 2.79. The van der Waals surface area contributed by atoms with E-state index in [1.165, 1.54) is 0 Å². The lowest BCUT2D eigenvalue weighted by Crippen LogP contribution is -2.57. The van der Waals surface area contributed by atoms with Crippen molar-refractivity contribution in [2.45, 2.75) is 24.6 Å². The van der Waals surface area contributed by atoms with Crippen LogP contribution in [-0.2, 0) is 4.79 Å². The predicted octanol–water partition coefficient (Wildman–Crippen LogP) is 1.67. The molecule has 0 saturated heterocycles. The predicted molar refractivity (Wildman–Crippen MR) is 57.0 cm³/mol. The van der Waals surface area contributed by atoms with Gasteiger partial charge in [-0.05, 0) is 24.6 Å². The van der Waals surface area contributed by atoms with Crippen molar-refractivity contribution in [3.05, 3.63) is 35.6 Å². The van der Waals surface area contributed by atoms with E-state index in [0.717, 1.165) is 31.2 Å². The molecule has 0 heterocycles. The maximum absolute atomic E-state index is 13.0. The molecule has 0 fully saturated rings. The summed E-state index contributed by atoms with van der Waals surface area (Å²) in [5.41, 5.74) is 7.65. The number of nitrogens with two attached hydrogens (primary N) is 2. The molecule has 1 aromatic rings. The topological polar surface area (TPSA) is 69.1 Å². The molecule has 0 aromatic heterocycles. The molecular weight excluding hydrogens is 252 g/mol. The van der Waals surface area contributed by atoms with Crippen LogP contribution in [0.15, 0.2) is 24.3 Å². The van der Waals surface area contributed by atoms with Crippen molar-refractivity contribution in [3.63, 3.8) is 0 Å². The largest absolute Gasteiger partial charge is 0.398 e. The van der Waals surface area contributed by atoms with Crippen LogP contribution < -0.4 is 11.5 Å². The first-order valence-corrected chi connectivity index (χ1v) is 4.97. The highest BCUT2D eigenvalue weighted by molar-refractivity contribution is 5.85. The molecular formula is C11H12F4N2O. The van der Waals surface area contributed by atoms with Gasteiger partial charge in [0.1, 0.15) is 17.3 Å². The van der Waals surface area contributed by atoms with Crippen LogP contribution in [0.3, 0.4) is 0 Å². The summed E-state index contributed by atoms with van der Waals surface area (Å²) in [6, 6.07) is 3.60. The zero-order valence-electron chi connectivity index (χ0n) is 9.46. The number of halogens is 4. The summed E-state index contributed by atoms with van der Waals surface area (Å²) in [7, 11) is 0. The summed E-state index contributed by atoms with van der Waals surface area (Å²) >= 11 is 0. The molecule has 0 aliphatic heterocycles. The third-order valence-corrected chi connectivity index (χ3v) is 2.66. The summed E-state index contributed by atoms with van der Waals surface area (Å²) in [5.74, 6) is -4.25. The highest BCUT2D eigenvalue weighted by Gasteiger charge is 2.53. The van der Waals surface area contributed by atoms with Gasteiger partial charge in [-0.2, -0.15) is 13.2 Å². The highest BCUT2D eigenvalue weighted by Crippen LogP contribution is 2.41. The van der Waals surface area contributed by atoms with Crippen LogP contribution in [0.4, 0.5) is 17.6 Å². The first kappa shape index (κ1) is 14.4. The lowest BCUT2D eigenvalue weighted by Gasteiger charge is -2.33. The van der Waals surface area contributed by atoms with Crippen molar-refractivity contribution >= 4 is 5.91 Å². The van der Waals surface area contributed by atoms with Crippen molar-refractivity contribution in [3.8, 4) is 0 Å². The molecule has 7 heteroatoms. The van der Waals surface area contributed by atoms with E-state index in [-0.39, 0.29) is 5.56 Å². The van der Waals surface area contributed by atoms with E-state index < -0.39 is 29.4 Å². The van der Waals surface area contributed by atoms with E-state index in [4.69, 9.17) is 11.5 Å². The van der Waals surface area contributed by atoms with E-state index in [2.05, 4.69) is 0 Å². The number of carbonyl (C=O) groups is 1. The average molecular weight is 264 g/mol. The number of primary amides is 1. The van der Waals surface area contributed by atoms with E-state index in [1.54, 1.807) is 0 Å². The number of hydrogen-bond donors (Lipinski definition) is 2. The Bertz CT molecular complexity index is 439. The SMILES string of the molecule is CC(N)(C(N)=O)C(c1ccc(F)cc1)C(F)(F)F. The van der Waals surface area contributed by atoms with Crippen molar-refractivity contribution in [1.29, 1.82) is 0 Å². The lowest BCUT2D eigenvalue weighted by molar-refractivity contribution is -0.169. The van der Waals surface area contributed by atoms with Gasteiger partial charge in [-0.25, -0.2) is 4.39 Å². The quantitative estimate of drug-likeness (QED) is 0.815. The number of alkyl halides is 3. The van der Waals surface area contributed by atoms with Crippen molar-refractivity contribution < 1.29 is 22.4 Å². The molecule has 100 valence electrons. The molecule has 2 unspecified atom stereocenters. The Kier molecular flexibility index (Phi) is 3.66. The fraction of sp³-hybridized carbons (Fsp3) is 0.364. The second kappa shape index (κ2) is 4.56. The fourth-order valence-electron chi connectivity index (χ4n) is 1.67. The van der Waals surface area contributed by atoms with Gasteiger partial charge in [0.2, 0.25) is 5.91 Å². The molecule has 4 N–H and O–H groups in total. The molecule has 0 aliphatic rings. The molecule has 0 aliphatic carbocycles. The Balaban J connectivity index is 3.31. The zero-order valence-corrected chi connectivity index (χ0v) is 9.46. The van der Waals surface area contributed by atoms with Crippen LogP contribution in [0.1, 0.15) is 18.4 Å². The summed E-state index contributed by atoms with van der Waals surface area (Å²) in [6.45, 7) is 0.900. The van der Waals surface area contributed by atoms with E-state index in [0.29, 0.717) is 0 Å². The first-order valence-electron chi connectivity index (χ1n) is 4.97. The summed E-state index contributed by atoms with van der Waals surface area (Å²) in [5, 5.41) is 0. The van der Waals surface area contributed by atoms with Gasteiger partial charge >= 0.3 is 6.18 Å². The molecule has 3 nitrogen and oxygen atoms in total. The van der Waals surface area contributed by atoms with Gasteiger partial charge in [-0.15, -0.1) is 0 Å². The second-order valence-electron chi connectivity index (χ2n) is 4.17. The van der Waals surface area contributed by atoms with Gasteiger partial charge in [0.15, 0.2) is 0 Å². The molecule has 0 spiro atoms. The molecule has 0 saturated carbocycles.